The molecule has 1 aliphatic heterocycles. The van der Waals surface area contributed by atoms with Gasteiger partial charge >= 0.3 is 0 Å². The molecule has 110 valence electrons. The third-order valence-corrected chi connectivity index (χ3v) is 4.00. The van der Waals surface area contributed by atoms with Gasteiger partial charge < -0.3 is 15.3 Å². The Kier molecular flexibility index (Phi) is 4.65. The third-order valence-electron chi connectivity index (χ3n) is 4.00. The van der Waals surface area contributed by atoms with Gasteiger partial charge in [0.2, 0.25) is 0 Å². The number of likely N-dealkylation sites (tertiary alicyclic amines) is 1. The molecule has 1 amide bonds. The summed E-state index contributed by atoms with van der Waals surface area (Å²) in [6.07, 6.45) is 1.12. The summed E-state index contributed by atoms with van der Waals surface area (Å²) in [5.41, 5.74) is 1.34. The molecule has 20 heavy (non-hydrogen) atoms. The largest absolute Gasteiger partial charge is 0.507 e. The van der Waals surface area contributed by atoms with E-state index in [0.29, 0.717) is 24.1 Å². The van der Waals surface area contributed by atoms with Crippen LogP contribution in [0.25, 0.3) is 0 Å². The second-order valence-electron chi connectivity index (χ2n) is 5.97. The summed E-state index contributed by atoms with van der Waals surface area (Å²) in [5, 5.41) is 12.7. The first kappa shape index (κ1) is 14.9. The molecule has 0 aromatic heterocycles. The second kappa shape index (κ2) is 6.27. The number of phenolic OH excluding ortho intramolecular Hbond substituents is 1. The quantitative estimate of drug-likeness (QED) is 0.886. The minimum absolute atomic E-state index is 0.0447. The van der Waals surface area contributed by atoms with Crippen molar-refractivity contribution in [3.8, 4) is 5.75 Å². The van der Waals surface area contributed by atoms with E-state index in [0.717, 1.165) is 25.1 Å². The second-order valence-corrected chi connectivity index (χ2v) is 5.97. The molecule has 2 rings (SSSR count). The fraction of sp³-hybridized carbons (Fsp3) is 0.562. The topological polar surface area (TPSA) is 52.6 Å². The van der Waals surface area contributed by atoms with Gasteiger partial charge in [0.1, 0.15) is 5.75 Å². The van der Waals surface area contributed by atoms with Crippen LogP contribution in [0.2, 0.25) is 0 Å². The van der Waals surface area contributed by atoms with Crippen molar-refractivity contribution in [1.82, 2.24) is 10.2 Å². The molecule has 4 heteroatoms. The lowest BCUT2D eigenvalue weighted by Gasteiger charge is -2.20. The lowest BCUT2D eigenvalue weighted by atomic mass is 10.1. The smallest absolute Gasteiger partial charge is 0.255 e. The maximum atomic E-state index is 12.1. The van der Waals surface area contributed by atoms with E-state index < -0.39 is 0 Å². The molecule has 0 radical (unpaired) electrons. The number of nitrogens with one attached hydrogen (secondary N) is 1. The fourth-order valence-corrected chi connectivity index (χ4v) is 2.66. The molecule has 1 heterocycles. The summed E-state index contributed by atoms with van der Waals surface area (Å²) in [7, 11) is 0. The van der Waals surface area contributed by atoms with E-state index >= 15 is 0 Å². The molecular weight excluding hydrogens is 252 g/mol. The van der Waals surface area contributed by atoms with Gasteiger partial charge in [-0.05, 0) is 51.8 Å². The van der Waals surface area contributed by atoms with Crippen molar-refractivity contribution in [2.45, 2.75) is 33.2 Å². The summed E-state index contributed by atoms with van der Waals surface area (Å²) in [6.45, 7) is 9.13. The van der Waals surface area contributed by atoms with Crippen LogP contribution in [0.4, 0.5) is 0 Å². The van der Waals surface area contributed by atoms with Gasteiger partial charge in [0.15, 0.2) is 0 Å². The summed E-state index contributed by atoms with van der Waals surface area (Å²) >= 11 is 0. The zero-order valence-corrected chi connectivity index (χ0v) is 12.5. The van der Waals surface area contributed by atoms with Gasteiger partial charge in [-0.2, -0.15) is 0 Å². The summed E-state index contributed by atoms with van der Waals surface area (Å²) < 4.78 is 0. The van der Waals surface area contributed by atoms with Crippen molar-refractivity contribution in [2.75, 3.05) is 19.6 Å². The number of phenols is 1. The normalized spacial score (nSPS) is 19.5. The van der Waals surface area contributed by atoms with Crippen LogP contribution in [0.3, 0.4) is 0 Å². The number of hydrogen-bond acceptors (Lipinski definition) is 3. The maximum absolute atomic E-state index is 12.1. The molecule has 2 N–H and O–H groups in total. The number of rotatable bonds is 4. The van der Waals surface area contributed by atoms with Crippen LogP contribution in [0.15, 0.2) is 18.2 Å². The highest BCUT2D eigenvalue weighted by Gasteiger charge is 2.24. The summed E-state index contributed by atoms with van der Waals surface area (Å²) in [4.78, 5) is 14.5. The van der Waals surface area contributed by atoms with Crippen molar-refractivity contribution in [3.63, 3.8) is 0 Å². The average molecular weight is 276 g/mol. The van der Waals surface area contributed by atoms with Crippen molar-refractivity contribution in [1.29, 1.82) is 0 Å². The Morgan fingerprint density at radius 1 is 1.50 bits per heavy atom. The van der Waals surface area contributed by atoms with E-state index in [1.807, 2.05) is 6.92 Å². The van der Waals surface area contributed by atoms with Crippen LogP contribution >= 0.6 is 0 Å². The zero-order chi connectivity index (χ0) is 14.7. The fourth-order valence-electron chi connectivity index (χ4n) is 2.66. The molecule has 1 aromatic carbocycles. The van der Waals surface area contributed by atoms with Gasteiger partial charge in [-0.25, -0.2) is 0 Å². The number of nitrogens with zero attached hydrogens (tertiary/aromatic N) is 1. The first-order valence-electron chi connectivity index (χ1n) is 7.29. The molecule has 1 fully saturated rings. The Balaban J connectivity index is 1.88. The number of hydrogen-bond donors (Lipinski definition) is 2. The van der Waals surface area contributed by atoms with Gasteiger partial charge in [-0.15, -0.1) is 0 Å². The number of aryl methyl sites for hydroxylation is 1. The standard InChI is InChI=1S/C16H24N2O2/c1-11(2)18-7-6-13(10-18)9-17-16(20)14-8-12(3)4-5-15(14)19/h4-5,8,11,13,19H,6-7,9-10H2,1-3H3,(H,17,20)/t13-/m1/s1. The van der Waals surface area contributed by atoms with Gasteiger partial charge in [0, 0.05) is 19.1 Å². The number of carbonyl (C=O) groups excluding carboxylic acids is 1. The van der Waals surface area contributed by atoms with Crippen LogP contribution in [0, 0.1) is 12.8 Å². The van der Waals surface area contributed by atoms with Crippen LogP contribution in [0.1, 0.15) is 36.2 Å². The van der Waals surface area contributed by atoms with Crippen molar-refractivity contribution < 1.29 is 9.90 Å². The lowest BCUT2D eigenvalue weighted by Crippen LogP contribution is -2.33. The minimum atomic E-state index is -0.186. The van der Waals surface area contributed by atoms with E-state index in [1.165, 1.54) is 0 Å². The van der Waals surface area contributed by atoms with Crippen LogP contribution in [-0.2, 0) is 0 Å². The Hall–Kier alpha value is -1.55. The van der Waals surface area contributed by atoms with Gasteiger partial charge in [-0.1, -0.05) is 11.6 Å². The van der Waals surface area contributed by atoms with Gasteiger partial charge in [-0.3, -0.25) is 4.79 Å². The molecule has 1 aliphatic rings. The van der Waals surface area contributed by atoms with Crippen molar-refractivity contribution in [3.05, 3.63) is 29.3 Å². The third kappa shape index (κ3) is 3.51. The number of carbonyl (C=O) groups is 1. The predicted octanol–water partition coefficient (Wildman–Crippen LogP) is 2.16. The molecule has 1 aromatic rings. The van der Waals surface area contributed by atoms with E-state index in [4.69, 9.17) is 0 Å². The van der Waals surface area contributed by atoms with E-state index in [1.54, 1.807) is 18.2 Å². The molecular formula is C16H24N2O2. The molecule has 1 saturated heterocycles. The Morgan fingerprint density at radius 3 is 2.90 bits per heavy atom. The van der Waals surface area contributed by atoms with Crippen LogP contribution in [-0.4, -0.2) is 41.6 Å². The number of amides is 1. The molecule has 1 atom stereocenters. The van der Waals surface area contributed by atoms with Crippen molar-refractivity contribution >= 4 is 5.91 Å². The first-order chi connectivity index (χ1) is 9.47. The summed E-state index contributed by atoms with van der Waals surface area (Å²) in [6, 6.07) is 5.65. The highest BCUT2D eigenvalue weighted by molar-refractivity contribution is 5.96. The Morgan fingerprint density at radius 2 is 2.25 bits per heavy atom. The predicted molar refractivity (Wildman–Crippen MR) is 80.0 cm³/mol. The molecule has 0 unspecified atom stereocenters. The van der Waals surface area contributed by atoms with Gasteiger partial charge in [0.05, 0.1) is 5.56 Å². The molecule has 0 bridgehead atoms. The number of aromatic hydroxyl groups is 1. The zero-order valence-electron chi connectivity index (χ0n) is 12.5. The number of benzene rings is 1. The van der Waals surface area contributed by atoms with E-state index in [9.17, 15) is 9.90 Å². The molecule has 0 saturated carbocycles. The monoisotopic (exact) mass is 276 g/mol. The van der Waals surface area contributed by atoms with E-state index in [-0.39, 0.29) is 11.7 Å². The minimum Gasteiger partial charge on any atom is -0.507 e. The molecule has 4 nitrogen and oxygen atoms in total. The summed E-state index contributed by atoms with van der Waals surface area (Å²) in [5.74, 6) is 0.367. The van der Waals surface area contributed by atoms with Crippen molar-refractivity contribution in [2.24, 2.45) is 5.92 Å². The SMILES string of the molecule is Cc1ccc(O)c(C(=O)NC[C@H]2CCN(C(C)C)C2)c1. The van der Waals surface area contributed by atoms with Crippen LogP contribution in [0.5, 0.6) is 5.75 Å². The average Bonchev–Trinajstić information content (AvgIpc) is 2.88. The molecule has 0 spiro atoms. The van der Waals surface area contributed by atoms with E-state index in [2.05, 4.69) is 24.1 Å². The lowest BCUT2D eigenvalue weighted by molar-refractivity contribution is 0.0944. The highest BCUT2D eigenvalue weighted by Crippen LogP contribution is 2.20. The Labute approximate surface area is 120 Å². The highest BCUT2D eigenvalue weighted by atomic mass is 16.3. The van der Waals surface area contributed by atoms with Crippen LogP contribution < -0.4 is 5.32 Å². The Bertz CT molecular complexity index is 485. The molecule has 0 aliphatic carbocycles. The van der Waals surface area contributed by atoms with Gasteiger partial charge in [0.25, 0.3) is 5.91 Å². The maximum Gasteiger partial charge on any atom is 0.255 e. The first-order valence-corrected chi connectivity index (χ1v) is 7.29.